The summed E-state index contributed by atoms with van der Waals surface area (Å²) in [6.45, 7) is 2.09. The molecule has 3 heterocycles. The van der Waals surface area contributed by atoms with Gasteiger partial charge in [-0.25, -0.2) is 10.9 Å². The van der Waals surface area contributed by atoms with Gasteiger partial charge >= 0.3 is 0 Å². The number of nitrogens with zero attached hydrogens (tertiary/aromatic N) is 3. The van der Waals surface area contributed by atoms with Crippen molar-refractivity contribution in [3.8, 4) is 11.3 Å². The molecule has 2 aliphatic rings. The summed E-state index contributed by atoms with van der Waals surface area (Å²) in [7, 11) is 0. The third-order valence-electron chi connectivity index (χ3n) is 5.93. The van der Waals surface area contributed by atoms with Gasteiger partial charge in [0.05, 0.1) is 5.69 Å². The number of carbonyl (C=O) groups is 1. The highest BCUT2D eigenvalue weighted by Gasteiger charge is 2.30. The first kappa shape index (κ1) is 19.7. The van der Waals surface area contributed by atoms with Gasteiger partial charge in [-0.3, -0.25) is 4.79 Å². The maximum atomic E-state index is 12.8. The van der Waals surface area contributed by atoms with E-state index in [1.165, 1.54) is 18.4 Å². The number of benzene rings is 2. The first-order valence-electron chi connectivity index (χ1n) is 10.8. The molecule has 1 amide bonds. The first-order chi connectivity index (χ1) is 15.3. The fourth-order valence-electron chi connectivity index (χ4n) is 4.21. The molecule has 7 nitrogen and oxygen atoms in total. The van der Waals surface area contributed by atoms with Crippen molar-refractivity contribution in [3.05, 3.63) is 72.3 Å². The largest absolute Gasteiger partial charge is 0.355 e. The topological polar surface area (TPSA) is 82.2 Å². The lowest BCUT2D eigenvalue weighted by Crippen LogP contribution is -2.39. The van der Waals surface area contributed by atoms with Crippen molar-refractivity contribution in [2.45, 2.75) is 31.3 Å². The maximum absolute atomic E-state index is 12.8. The predicted molar refractivity (Wildman–Crippen MR) is 121 cm³/mol. The number of hydrazine groups is 1. The average Bonchev–Trinajstić information content (AvgIpc) is 3.53. The van der Waals surface area contributed by atoms with E-state index in [4.69, 9.17) is 0 Å². The van der Waals surface area contributed by atoms with Gasteiger partial charge in [0.15, 0.2) is 5.82 Å². The van der Waals surface area contributed by atoms with Crippen LogP contribution < -0.4 is 21.1 Å². The van der Waals surface area contributed by atoms with Crippen LogP contribution in [0, 0.1) is 0 Å². The summed E-state index contributed by atoms with van der Waals surface area (Å²) < 4.78 is 0. The molecule has 2 fully saturated rings. The molecule has 2 aliphatic heterocycles. The number of anilines is 2. The lowest BCUT2D eigenvalue weighted by Gasteiger charge is -2.15. The molecule has 2 unspecified atom stereocenters. The van der Waals surface area contributed by atoms with Gasteiger partial charge < -0.3 is 10.2 Å². The van der Waals surface area contributed by atoms with Crippen molar-refractivity contribution in [3.63, 3.8) is 0 Å². The zero-order valence-corrected chi connectivity index (χ0v) is 17.3. The van der Waals surface area contributed by atoms with Crippen molar-refractivity contribution >= 4 is 17.4 Å². The molecule has 0 bridgehead atoms. The summed E-state index contributed by atoms with van der Waals surface area (Å²) >= 11 is 0. The SMILES string of the molecule is O=C(Nc1cccc(-c2ccc(N3CCCC3)nn2)c1)C1CC(c2ccccc2)NN1. The molecule has 5 rings (SSSR count). The second-order valence-electron chi connectivity index (χ2n) is 8.08. The fourth-order valence-corrected chi connectivity index (χ4v) is 4.21. The van der Waals surface area contributed by atoms with E-state index >= 15 is 0 Å². The molecule has 2 atom stereocenters. The second kappa shape index (κ2) is 8.83. The van der Waals surface area contributed by atoms with E-state index in [0.29, 0.717) is 6.42 Å². The number of hydrogen-bond donors (Lipinski definition) is 3. The van der Waals surface area contributed by atoms with Crippen LogP contribution in [0.5, 0.6) is 0 Å². The highest BCUT2D eigenvalue weighted by atomic mass is 16.2. The molecule has 0 radical (unpaired) electrons. The van der Waals surface area contributed by atoms with Gasteiger partial charge in [0.1, 0.15) is 6.04 Å². The van der Waals surface area contributed by atoms with Crippen LogP contribution in [-0.2, 0) is 4.79 Å². The average molecular weight is 415 g/mol. The zero-order chi connectivity index (χ0) is 21.0. The number of amides is 1. The Bertz CT molecular complexity index is 1030. The molecule has 2 saturated heterocycles. The van der Waals surface area contributed by atoms with E-state index in [9.17, 15) is 4.79 Å². The Morgan fingerprint density at radius 1 is 0.935 bits per heavy atom. The first-order valence-corrected chi connectivity index (χ1v) is 10.8. The maximum Gasteiger partial charge on any atom is 0.242 e. The number of aromatic nitrogens is 2. The summed E-state index contributed by atoms with van der Waals surface area (Å²) in [5.41, 5.74) is 9.98. The highest BCUT2D eigenvalue weighted by molar-refractivity contribution is 5.95. The van der Waals surface area contributed by atoms with Crippen LogP contribution in [0.3, 0.4) is 0 Å². The van der Waals surface area contributed by atoms with Gasteiger partial charge in [0.25, 0.3) is 0 Å². The number of nitrogens with one attached hydrogen (secondary N) is 3. The Kier molecular flexibility index (Phi) is 5.60. The second-order valence-corrected chi connectivity index (χ2v) is 8.08. The third kappa shape index (κ3) is 4.42. The summed E-state index contributed by atoms with van der Waals surface area (Å²) in [4.78, 5) is 15.0. The van der Waals surface area contributed by atoms with Crippen LogP contribution in [0.25, 0.3) is 11.3 Å². The minimum atomic E-state index is -0.298. The lowest BCUT2D eigenvalue weighted by molar-refractivity contribution is -0.117. The predicted octanol–water partition coefficient (Wildman–Crippen LogP) is 3.29. The number of carbonyl (C=O) groups excluding carboxylic acids is 1. The Hall–Kier alpha value is -3.29. The van der Waals surface area contributed by atoms with E-state index in [1.807, 2.05) is 54.6 Å². The minimum absolute atomic E-state index is 0.0569. The van der Waals surface area contributed by atoms with Gasteiger partial charge in [-0.05, 0) is 49.1 Å². The molecule has 3 aromatic rings. The van der Waals surface area contributed by atoms with Gasteiger partial charge in [0.2, 0.25) is 5.91 Å². The van der Waals surface area contributed by atoms with Gasteiger partial charge in [0, 0.05) is 30.4 Å². The van der Waals surface area contributed by atoms with Crippen molar-refractivity contribution in [2.24, 2.45) is 0 Å². The molecule has 2 aromatic carbocycles. The molecule has 0 spiro atoms. The van der Waals surface area contributed by atoms with Gasteiger partial charge in [-0.1, -0.05) is 42.5 Å². The fraction of sp³-hybridized carbons (Fsp3) is 0.292. The van der Waals surface area contributed by atoms with Crippen molar-refractivity contribution in [2.75, 3.05) is 23.3 Å². The Labute approximate surface area is 181 Å². The summed E-state index contributed by atoms with van der Waals surface area (Å²) in [5.74, 6) is 0.872. The summed E-state index contributed by atoms with van der Waals surface area (Å²) in [5, 5.41) is 11.8. The molecule has 158 valence electrons. The van der Waals surface area contributed by atoms with E-state index in [2.05, 4.69) is 43.4 Å². The van der Waals surface area contributed by atoms with E-state index < -0.39 is 0 Å². The van der Waals surface area contributed by atoms with Crippen molar-refractivity contribution in [1.29, 1.82) is 0 Å². The van der Waals surface area contributed by atoms with Crippen LogP contribution in [-0.4, -0.2) is 35.2 Å². The van der Waals surface area contributed by atoms with Crippen LogP contribution in [0.4, 0.5) is 11.5 Å². The van der Waals surface area contributed by atoms with Gasteiger partial charge in [-0.2, -0.15) is 0 Å². The smallest absolute Gasteiger partial charge is 0.242 e. The standard InChI is InChI=1S/C24H26N6O/c31-24(22-16-21(27-28-22)17-7-2-1-3-8-17)25-19-10-6-9-18(15-19)20-11-12-23(29-26-20)30-13-4-5-14-30/h1-3,6-12,15,21-22,27-28H,4-5,13-14,16H2,(H,25,31). The lowest BCUT2D eigenvalue weighted by atomic mass is 10.0. The van der Waals surface area contributed by atoms with E-state index in [1.54, 1.807) is 0 Å². The Morgan fingerprint density at radius 2 is 1.77 bits per heavy atom. The van der Waals surface area contributed by atoms with Gasteiger partial charge in [-0.15, -0.1) is 10.2 Å². The summed E-state index contributed by atoms with van der Waals surface area (Å²) in [6, 6.07) is 21.7. The molecule has 0 saturated carbocycles. The zero-order valence-electron chi connectivity index (χ0n) is 17.3. The van der Waals surface area contributed by atoms with E-state index in [-0.39, 0.29) is 18.0 Å². The normalized spacial score (nSPS) is 20.7. The number of rotatable bonds is 5. The third-order valence-corrected chi connectivity index (χ3v) is 5.93. The Balaban J connectivity index is 1.24. The van der Waals surface area contributed by atoms with Crippen molar-refractivity contribution in [1.82, 2.24) is 21.0 Å². The van der Waals surface area contributed by atoms with Crippen molar-refractivity contribution < 1.29 is 4.79 Å². The molecule has 31 heavy (non-hydrogen) atoms. The quantitative estimate of drug-likeness (QED) is 0.594. The van der Waals surface area contributed by atoms with Crippen LogP contribution in [0.15, 0.2) is 66.7 Å². The molecule has 7 heteroatoms. The molecule has 0 aliphatic carbocycles. The van der Waals surface area contributed by atoms with Crippen LogP contribution in [0.1, 0.15) is 30.9 Å². The molecular formula is C24H26N6O. The summed E-state index contributed by atoms with van der Waals surface area (Å²) in [6.07, 6.45) is 3.12. The monoisotopic (exact) mass is 414 g/mol. The van der Waals surface area contributed by atoms with E-state index in [0.717, 1.165) is 35.9 Å². The Morgan fingerprint density at radius 3 is 2.55 bits per heavy atom. The number of hydrogen-bond acceptors (Lipinski definition) is 6. The minimum Gasteiger partial charge on any atom is -0.355 e. The van der Waals surface area contributed by atoms with Crippen LogP contribution in [0.2, 0.25) is 0 Å². The highest BCUT2D eigenvalue weighted by Crippen LogP contribution is 2.25. The molecular weight excluding hydrogens is 388 g/mol. The van der Waals surface area contributed by atoms with Crippen LogP contribution >= 0.6 is 0 Å². The molecule has 1 aromatic heterocycles. The molecule has 3 N–H and O–H groups in total.